The summed E-state index contributed by atoms with van der Waals surface area (Å²) >= 11 is 0. The summed E-state index contributed by atoms with van der Waals surface area (Å²) in [7, 11) is -2.12. The van der Waals surface area contributed by atoms with Crippen molar-refractivity contribution in [1.29, 1.82) is 0 Å². The van der Waals surface area contributed by atoms with Gasteiger partial charge in [-0.05, 0) is 43.3 Å². The first-order valence-electron chi connectivity index (χ1n) is 7.60. The molecular weight excluding hydrogens is 340 g/mol. The van der Waals surface area contributed by atoms with Crippen LogP contribution in [0.25, 0.3) is 11.3 Å². The van der Waals surface area contributed by atoms with Crippen LogP contribution in [0.4, 0.5) is 5.69 Å². The van der Waals surface area contributed by atoms with Crippen LogP contribution in [0.5, 0.6) is 5.75 Å². The molecule has 25 heavy (non-hydrogen) atoms. The van der Waals surface area contributed by atoms with E-state index in [4.69, 9.17) is 9.15 Å². The number of hydrogen-bond acceptors (Lipinski definition) is 5. The molecule has 1 heterocycles. The molecule has 0 spiro atoms. The highest BCUT2D eigenvalue weighted by atomic mass is 32.2. The number of nitrogens with one attached hydrogen (secondary N) is 1. The molecule has 0 radical (unpaired) electrons. The zero-order valence-electron chi connectivity index (χ0n) is 14.1. The Kier molecular flexibility index (Phi) is 4.50. The Morgan fingerprint density at radius 2 is 1.64 bits per heavy atom. The van der Waals surface area contributed by atoms with Gasteiger partial charge in [0.1, 0.15) is 17.2 Å². The van der Waals surface area contributed by atoms with E-state index < -0.39 is 10.0 Å². The highest BCUT2D eigenvalue weighted by molar-refractivity contribution is 7.92. The van der Waals surface area contributed by atoms with Crippen LogP contribution in [0.2, 0.25) is 0 Å². The maximum atomic E-state index is 12.5. The van der Waals surface area contributed by atoms with Crippen molar-refractivity contribution in [2.24, 2.45) is 0 Å². The van der Waals surface area contributed by atoms with E-state index in [-0.39, 0.29) is 4.90 Å². The molecule has 0 atom stereocenters. The molecule has 7 heteroatoms. The summed E-state index contributed by atoms with van der Waals surface area (Å²) in [5, 5.41) is 0. The molecule has 0 unspecified atom stereocenters. The van der Waals surface area contributed by atoms with Gasteiger partial charge in [0.05, 0.1) is 12.0 Å². The van der Waals surface area contributed by atoms with Gasteiger partial charge in [0.25, 0.3) is 10.0 Å². The predicted molar refractivity (Wildman–Crippen MR) is 95.2 cm³/mol. The maximum absolute atomic E-state index is 12.5. The topological polar surface area (TPSA) is 81.4 Å². The quantitative estimate of drug-likeness (QED) is 0.751. The number of anilines is 1. The summed E-state index contributed by atoms with van der Waals surface area (Å²) in [6.07, 6.45) is 0. The third-order valence-electron chi connectivity index (χ3n) is 3.68. The van der Waals surface area contributed by atoms with Crippen molar-refractivity contribution < 1.29 is 17.6 Å². The molecule has 0 aliphatic heterocycles. The van der Waals surface area contributed by atoms with Gasteiger partial charge in [0, 0.05) is 18.2 Å². The van der Waals surface area contributed by atoms with Gasteiger partial charge < -0.3 is 9.15 Å². The summed E-state index contributed by atoms with van der Waals surface area (Å²) in [6, 6.07) is 13.2. The molecule has 1 aromatic heterocycles. The fourth-order valence-electron chi connectivity index (χ4n) is 2.46. The van der Waals surface area contributed by atoms with E-state index in [2.05, 4.69) is 9.71 Å². The van der Waals surface area contributed by atoms with Gasteiger partial charge >= 0.3 is 0 Å². The first-order chi connectivity index (χ1) is 11.9. The number of methoxy groups -OCH3 is 1. The predicted octanol–water partition coefficient (Wildman–Crippen LogP) is 3.77. The van der Waals surface area contributed by atoms with Gasteiger partial charge in [-0.1, -0.05) is 12.1 Å². The van der Waals surface area contributed by atoms with Crippen molar-refractivity contribution in [1.82, 2.24) is 4.98 Å². The standard InChI is InChI=1S/C18H18N2O4S/c1-12-18(19-13(2)24-12)14-4-10-17(11-5-14)25(21,22)20-15-6-8-16(23-3)9-7-15/h4-11,20H,1-3H3. The number of aromatic nitrogens is 1. The van der Waals surface area contributed by atoms with E-state index >= 15 is 0 Å². The highest BCUT2D eigenvalue weighted by Gasteiger charge is 2.16. The van der Waals surface area contributed by atoms with Gasteiger partial charge in [-0.25, -0.2) is 13.4 Å². The fourth-order valence-corrected chi connectivity index (χ4v) is 3.52. The van der Waals surface area contributed by atoms with Crippen molar-refractivity contribution in [3.05, 3.63) is 60.2 Å². The van der Waals surface area contributed by atoms with E-state index in [1.807, 2.05) is 6.92 Å². The maximum Gasteiger partial charge on any atom is 0.261 e. The number of sulfonamides is 1. The number of aryl methyl sites for hydroxylation is 2. The summed E-state index contributed by atoms with van der Waals surface area (Å²) in [5.41, 5.74) is 1.98. The Balaban J connectivity index is 1.83. The number of rotatable bonds is 5. The zero-order valence-corrected chi connectivity index (χ0v) is 14.9. The van der Waals surface area contributed by atoms with Crippen molar-refractivity contribution in [3.8, 4) is 17.0 Å². The number of ether oxygens (including phenoxy) is 1. The molecule has 0 aliphatic carbocycles. The van der Waals surface area contributed by atoms with Crippen LogP contribution in [-0.2, 0) is 10.0 Å². The van der Waals surface area contributed by atoms with E-state index in [0.29, 0.717) is 28.8 Å². The zero-order chi connectivity index (χ0) is 18.0. The minimum atomic E-state index is -3.67. The number of hydrogen-bond donors (Lipinski definition) is 1. The lowest BCUT2D eigenvalue weighted by Gasteiger charge is -2.09. The molecule has 130 valence electrons. The van der Waals surface area contributed by atoms with Crippen LogP contribution in [0.15, 0.2) is 57.8 Å². The van der Waals surface area contributed by atoms with Crippen LogP contribution in [0.3, 0.4) is 0 Å². The van der Waals surface area contributed by atoms with E-state index in [0.717, 1.165) is 5.56 Å². The molecular formula is C18H18N2O4S. The SMILES string of the molecule is COc1ccc(NS(=O)(=O)c2ccc(-c3nc(C)oc3C)cc2)cc1. The molecule has 0 saturated heterocycles. The fraction of sp³-hybridized carbons (Fsp3) is 0.167. The minimum Gasteiger partial charge on any atom is -0.497 e. The second kappa shape index (κ2) is 6.60. The van der Waals surface area contributed by atoms with E-state index in [1.165, 1.54) is 0 Å². The largest absolute Gasteiger partial charge is 0.497 e. The Morgan fingerprint density at radius 3 is 2.16 bits per heavy atom. The second-order valence-corrected chi connectivity index (χ2v) is 7.18. The number of nitrogens with zero attached hydrogens (tertiary/aromatic N) is 1. The Bertz CT molecular complexity index is 975. The smallest absolute Gasteiger partial charge is 0.261 e. The van der Waals surface area contributed by atoms with Crippen molar-refractivity contribution in [3.63, 3.8) is 0 Å². The highest BCUT2D eigenvalue weighted by Crippen LogP contribution is 2.25. The molecule has 0 aliphatic rings. The Morgan fingerprint density at radius 1 is 1.00 bits per heavy atom. The Hall–Kier alpha value is -2.80. The third kappa shape index (κ3) is 3.66. The Labute approximate surface area is 146 Å². The first-order valence-corrected chi connectivity index (χ1v) is 9.09. The summed E-state index contributed by atoms with van der Waals surface area (Å²) in [5.74, 6) is 1.93. The van der Waals surface area contributed by atoms with Gasteiger partial charge in [-0.2, -0.15) is 0 Å². The third-order valence-corrected chi connectivity index (χ3v) is 5.08. The lowest BCUT2D eigenvalue weighted by atomic mass is 10.1. The number of oxazole rings is 1. The van der Waals surface area contributed by atoms with Crippen LogP contribution in [-0.4, -0.2) is 20.5 Å². The molecule has 0 bridgehead atoms. The van der Waals surface area contributed by atoms with Gasteiger partial charge in [0.15, 0.2) is 5.89 Å². The summed E-state index contributed by atoms with van der Waals surface area (Å²) in [4.78, 5) is 4.48. The minimum absolute atomic E-state index is 0.171. The average Bonchev–Trinajstić information content (AvgIpc) is 2.94. The van der Waals surface area contributed by atoms with E-state index in [9.17, 15) is 8.42 Å². The van der Waals surface area contributed by atoms with Gasteiger partial charge in [-0.3, -0.25) is 4.72 Å². The second-order valence-electron chi connectivity index (χ2n) is 5.50. The molecule has 3 rings (SSSR count). The normalized spacial score (nSPS) is 11.3. The molecule has 2 aromatic carbocycles. The van der Waals surface area contributed by atoms with Gasteiger partial charge in [0.2, 0.25) is 0 Å². The molecule has 0 fully saturated rings. The summed E-state index contributed by atoms with van der Waals surface area (Å²) < 4.78 is 38.0. The van der Waals surface area contributed by atoms with Crippen LogP contribution >= 0.6 is 0 Å². The lowest BCUT2D eigenvalue weighted by molar-refractivity contribution is 0.415. The monoisotopic (exact) mass is 358 g/mol. The van der Waals surface area contributed by atoms with Crippen LogP contribution < -0.4 is 9.46 Å². The van der Waals surface area contributed by atoms with E-state index in [1.54, 1.807) is 62.6 Å². The van der Waals surface area contributed by atoms with Crippen LogP contribution in [0, 0.1) is 13.8 Å². The average molecular weight is 358 g/mol. The molecule has 0 amide bonds. The molecule has 3 aromatic rings. The molecule has 6 nitrogen and oxygen atoms in total. The molecule has 0 saturated carbocycles. The molecule has 1 N–H and O–H groups in total. The van der Waals surface area contributed by atoms with Gasteiger partial charge in [-0.15, -0.1) is 0 Å². The van der Waals surface area contributed by atoms with Crippen LogP contribution in [0.1, 0.15) is 11.7 Å². The summed E-state index contributed by atoms with van der Waals surface area (Å²) in [6.45, 7) is 3.60. The lowest BCUT2D eigenvalue weighted by Crippen LogP contribution is -2.12. The van der Waals surface area contributed by atoms with Crippen molar-refractivity contribution in [2.75, 3.05) is 11.8 Å². The van der Waals surface area contributed by atoms with Crippen molar-refractivity contribution in [2.45, 2.75) is 18.7 Å². The van der Waals surface area contributed by atoms with Crippen molar-refractivity contribution >= 4 is 15.7 Å². The number of benzene rings is 2. The first kappa shape index (κ1) is 17.0.